The molecular formula is C27H27ClN2O5S. The molecule has 7 nitrogen and oxygen atoms in total. The van der Waals surface area contributed by atoms with Crippen LogP contribution in [-0.4, -0.2) is 50.5 Å². The summed E-state index contributed by atoms with van der Waals surface area (Å²) in [6, 6.07) is 18.0. The highest BCUT2D eigenvalue weighted by Crippen LogP contribution is 2.38. The first-order valence-electron chi connectivity index (χ1n) is 11.3. The second-order valence-corrected chi connectivity index (χ2v) is 8.95. The number of hydrogen-bond acceptors (Lipinski definition) is 6. The van der Waals surface area contributed by atoms with Gasteiger partial charge in [-0.05, 0) is 90.4 Å². The monoisotopic (exact) mass is 526 g/mol. The summed E-state index contributed by atoms with van der Waals surface area (Å²) in [7, 11) is 4.60. The van der Waals surface area contributed by atoms with Crippen molar-refractivity contribution in [3.63, 3.8) is 0 Å². The zero-order chi connectivity index (χ0) is 25.7. The highest BCUT2D eigenvalue weighted by Gasteiger charge is 2.31. The lowest BCUT2D eigenvalue weighted by Crippen LogP contribution is -2.44. The molecule has 36 heavy (non-hydrogen) atoms. The molecule has 0 aliphatic carbocycles. The average Bonchev–Trinajstić information content (AvgIpc) is 2.91. The Hall–Kier alpha value is -3.49. The molecule has 0 fully saturated rings. The molecule has 0 aromatic heterocycles. The van der Waals surface area contributed by atoms with E-state index in [2.05, 4.69) is 10.2 Å². The fourth-order valence-corrected chi connectivity index (χ4v) is 4.62. The van der Waals surface area contributed by atoms with Gasteiger partial charge in [-0.3, -0.25) is 0 Å². The predicted octanol–water partition coefficient (Wildman–Crippen LogP) is 5.52. The third kappa shape index (κ3) is 5.66. The van der Waals surface area contributed by atoms with Crippen LogP contribution in [0, 0.1) is 0 Å². The van der Waals surface area contributed by atoms with Gasteiger partial charge in [-0.2, -0.15) is 0 Å². The maximum atomic E-state index is 11.7. The van der Waals surface area contributed by atoms with E-state index in [1.54, 1.807) is 38.5 Å². The van der Waals surface area contributed by atoms with Crippen LogP contribution in [0.25, 0.3) is 0 Å². The van der Waals surface area contributed by atoms with E-state index in [0.29, 0.717) is 46.1 Å². The lowest BCUT2D eigenvalue weighted by atomic mass is 9.92. The van der Waals surface area contributed by atoms with Crippen molar-refractivity contribution in [2.75, 3.05) is 39.8 Å². The third-order valence-corrected chi connectivity index (χ3v) is 6.63. The van der Waals surface area contributed by atoms with Crippen molar-refractivity contribution in [1.29, 1.82) is 0 Å². The van der Waals surface area contributed by atoms with Crippen molar-refractivity contribution in [1.82, 2.24) is 4.90 Å². The van der Waals surface area contributed by atoms with Crippen LogP contribution in [-0.2, 0) is 11.2 Å². The highest BCUT2D eigenvalue weighted by atomic mass is 35.5. The van der Waals surface area contributed by atoms with Gasteiger partial charge >= 0.3 is 5.97 Å². The van der Waals surface area contributed by atoms with Crippen molar-refractivity contribution in [2.24, 2.45) is 0 Å². The number of carbonyl (C=O) groups is 1. The number of benzene rings is 3. The standard InChI is InChI=1S/C27H27ClN2O5S/c1-32-24-14-18-12-13-30(27(36)29-20-8-6-19(28)7-9-20)23(22(18)15-25(24)33-2)16-35-21-10-4-17(5-11-21)26(31)34-3/h4-11,14-15,23H,12-13,16H2,1-3H3,(H,29,36). The Labute approximate surface area is 220 Å². The number of rotatable bonds is 7. The van der Waals surface area contributed by atoms with Gasteiger partial charge in [-0.1, -0.05) is 11.6 Å². The van der Waals surface area contributed by atoms with Crippen LogP contribution in [0.15, 0.2) is 60.7 Å². The fourth-order valence-electron chi connectivity index (χ4n) is 4.16. The lowest BCUT2D eigenvalue weighted by molar-refractivity contribution is 0.0600. The fraction of sp³-hybridized carbons (Fsp3) is 0.259. The van der Waals surface area contributed by atoms with Crippen molar-refractivity contribution >= 4 is 40.6 Å². The first-order valence-corrected chi connectivity index (χ1v) is 12.1. The zero-order valence-electron chi connectivity index (χ0n) is 20.2. The van der Waals surface area contributed by atoms with Crippen LogP contribution in [0.2, 0.25) is 5.02 Å². The smallest absolute Gasteiger partial charge is 0.337 e. The van der Waals surface area contributed by atoms with E-state index in [0.717, 1.165) is 23.2 Å². The van der Waals surface area contributed by atoms with Crippen molar-refractivity contribution in [3.8, 4) is 17.2 Å². The van der Waals surface area contributed by atoms with Crippen LogP contribution in [0.1, 0.15) is 27.5 Å². The molecular weight excluding hydrogens is 500 g/mol. The Bertz CT molecular complexity index is 1230. The lowest BCUT2D eigenvalue weighted by Gasteiger charge is -2.39. The number of esters is 1. The largest absolute Gasteiger partial charge is 0.493 e. The molecule has 0 radical (unpaired) electrons. The third-order valence-electron chi connectivity index (χ3n) is 6.04. The molecule has 4 rings (SSSR count). The number of carbonyl (C=O) groups excluding carboxylic acids is 1. The number of thiocarbonyl (C=S) groups is 1. The number of methoxy groups -OCH3 is 3. The first kappa shape index (κ1) is 25.6. The SMILES string of the molecule is COC(=O)c1ccc(OCC2c3cc(OC)c(OC)cc3CCN2C(=S)Nc2ccc(Cl)cc2)cc1. The minimum absolute atomic E-state index is 0.193. The number of halogens is 1. The molecule has 1 N–H and O–H groups in total. The molecule has 188 valence electrons. The highest BCUT2D eigenvalue weighted by molar-refractivity contribution is 7.80. The van der Waals surface area contributed by atoms with Crippen LogP contribution in [0.3, 0.4) is 0 Å². The normalized spacial score (nSPS) is 14.4. The molecule has 1 aliphatic heterocycles. The van der Waals surface area contributed by atoms with Crippen molar-refractivity contribution in [3.05, 3.63) is 82.4 Å². The van der Waals surface area contributed by atoms with Crippen molar-refractivity contribution < 1.29 is 23.7 Å². The van der Waals surface area contributed by atoms with Gasteiger partial charge in [0.1, 0.15) is 12.4 Å². The van der Waals surface area contributed by atoms with Gasteiger partial charge in [-0.25, -0.2) is 4.79 Å². The molecule has 0 amide bonds. The van der Waals surface area contributed by atoms with E-state index in [1.165, 1.54) is 7.11 Å². The van der Waals surface area contributed by atoms with Gasteiger partial charge in [0.05, 0.1) is 32.9 Å². The van der Waals surface area contributed by atoms with Crippen LogP contribution in [0.4, 0.5) is 5.69 Å². The van der Waals surface area contributed by atoms with Gasteiger partial charge in [0.25, 0.3) is 0 Å². The number of anilines is 1. The summed E-state index contributed by atoms with van der Waals surface area (Å²) in [6.45, 7) is 1.01. The summed E-state index contributed by atoms with van der Waals surface area (Å²) < 4.78 is 22.0. The summed E-state index contributed by atoms with van der Waals surface area (Å²) in [5, 5.41) is 4.54. The average molecular weight is 527 g/mol. The quantitative estimate of drug-likeness (QED) is 0.319. The second kappa shape index (κ2) is 11.5. The van der Waals surface area contributed by atoms with Crippen LogP contribution >= 0.6 is 23.8 Å². The molecule has 0 saturated heterocycles. The molecule has 0 spiro atoms. The molecule has 0 saturated carbocycles. The second-order valence-electron chi connectivity index (χ2n) is 8.13. The Morgan fingerprint density at radius 1 is 1.03 bits per heavy atom. The number of hydrogen-bond donors (Lipinski definition) is 1. The number of nitrogens with zero attached hydrogens (tertiary/aromatic N) is 1. The molecule has 3 aromatic carbocycles. The number of ether oxygens (including phenoxy) is 4. The van der Waals surface area contributed by atoms with E-state index in [-0.39, 0.29) is 6.04 Å². The van der Waals surface area contributed by atoms with E-state index in [1.807, 2.05) is 36.4 Å². The molecule has 1 unspecified atom stereocenters. The Morgan fingerprint density at radius 3 is 2.33 bits per heavy atom. The minimum atomic E-state index is -0.395. The van der Waals surface area contributed by atoms with Gasteiger partial charge in [0, 0.05) is 17.3 Å². The van der Waals surface area contributed by atoms with Crippen molar-refractivity contribution in [2.45, 2.75) is 12.5 Å². The Kier molecular flexibility index (Phi) is 8.18. The van der Waals surface area contributed by atoms with Crippen LogP contribution in [0.5, 0.6) is 17.2 Å². The van der Waals surface area contributed by atoms with Gasteiger partial charge in [0.15, 0.2) is 16.6 Å². The van der Waals surface area contributed by atoms with Crippen LogP contribution < -0.4 is 19.5 Å². The Balaban J connectivity index is 1.61. The van der Waals surface area contributed by atoms with E-state index >= 15 is 0 Å². The summed E-state index contributed by atoms with van der Waals surface area (Å²) in [6.07, 6.45) is 0.780. The molecule has 3 aromatic rings. The van der Waals surface area contributed by atoms with E-state index in [4.69, 9.17) is 42.8 Å². The van der Waals surface area contributed by atoms with Gasteiger partial charge in [-0.15, -0.1) is 0 Å². The Morgan fingerprint density at radius 2 is 1.69 bits per heavy atom. The van der Waals surface area contributed by atoms with E-state index < -0.39 is 5.97 Å². The molecule has 0 bridgehead atoms. The van der Waals surface area contributed by atoms with Gasteiger partial charge in [0.2, 0.25) is 0 Å². The maximum absolute atomic E-state index is 11.7. The molecule has 9 heteroatoms. The predicted molar refractivity (Wildman–Crippen MR) is 144 cm³/mol. The number of fused-ring (bicyclic) bond motifs is 1. The van der Waals surface area contributed by atoms with E-state index in [9.17, 15) is 4.79 Å². The number of nitrogens with one attached hydrogen (secondary N) is 1. The first-order chi connectivity index (χ1) is 17.4. The summed E-state index contributed by atoms with van der Waals surface area (Å²) in [5.74, 6) is 1.56. The molecule has 1 heterocycles. The maximum Gasteiger partial charge on any atom is 0.337 e. The topological polar surface area (TPSA) is 69.3 Å². The minimum Gasteiger partial charge on any atom is -0.493 e. The summed E-state index contributed by atoms with van der Waals surface area (Å²) in [4.78, 5) is 13.9. The van der Waals surface area contributed by atoms with Gasteiger partial charge < -0.3 is 29.2 Å². The molecule has 1 aliphatic rings. The summed E-state index contributed by atoms with van der Waals surface area (Å²) >= 11 is 11.8. The molecule has 1 atom stereocenters. The zero-order valence-corrected chi connectivity index (χ0v) is 21.8. The summed E-state index contributed by atoms with van der Waals surface area (Å²) in [5.41, 5.74) is 3.50.